The number of likely N-dealkylation sites (tertiary alicyclic amines) is 1. The van der Waals surface area contributed by atoms with Crippen molar-refractivity contribution < 1.29 is 23.8 Å². The number of ether oxygens (including phenoxy) is 3. The average molecular weight is 529 g/mol. The molecule has 5 rings (SSSR count). The van der Waals surface area contributed by atoms with E-state index in [0.29, 0.717) is 31.9 Å². The molecule has 0 saturated carbocycles. The van der Waals surface area contributed by atoms with Crippen LogP contribution in [0, 0.1) is 12.3 Å². The lowest BCUT2D eigenvalue weighted by atomic mass is 9.96. The predicted molar refractivity (Wildman–Crippen MR) is 146 cm³/mol. The molecule has 0 aliphatic carbocycles. The third kappa shape index (κ3) is 5.43. The molecule has 0 N–H and O–H groups in total. The van der Waals surface area contributed by atoms with Crippen molar-refractivity contribution in [3.63, 3.8) is 0 Å². The Bertz CT molecular complexity index is 1400. The summed E-state index contributed by atoms with van der Waals surface area (Å²) in [5.74, 6) is 3.40. The molecule has 7 nitrogen and oxygen atoms in total. The van der Waals surface area contributed by atoms with Crippen LogP contribution in [0.2, 0.25) is 0 Å². The minimum atomic E-state index is -0.781. The first-order chi connectivity index (χ1) is 18.6. The Morgan fingerprint density at radius 3 is 2.61 bits per heavy atom. The summed E-state index contributed by atoms with van der Waals surface area (Å²) in [6.07, 6.45) is 9.61. The molecule has 0 bridgehead atoms. The second-order valence-electron chi connectivity index (χ2n) is 9.06. The molecular formula is C30H28N2O5S. The smallest absolute Gasteiger partial charge is 0.340 e. The Balaban J connectivity index is 1.24. The number of fused-ring (bicyclic) bond motifs is 1. The van der Waals surface area contributed by atoms with Crippen LogP contribution in [-0.2, 0) is 4.74 Å². The molecule has 1 saturated heterocycles. The van der Waals surface area contributed by atoms with E-state index in [4.69, 9.17) is 25.6 Å². The summed E-state index contributed by atoms with van der Waals surface area (Å²) in [6.45, 7) is 4.06. The van der Waals surface area contributed by atoms with E-state index in [1.165, 1.54) is 0 Å². The van der Waals surface area contributed by atoms with Gasteiger partial charge in [-0.1, -0.05) is 24.1 Å². The molecule has 2 aromatic carbocycles. The third-order valence-corrected chi connectivity index (χ3v) is 7.64. The number of amides is 1. The molecule has 194 valence electrons. The first-order valence-corrected chi connectivity index (χ1v) is 13.5. The van der Waals surface area contributed by atoms with Gasteiger partial charge in [0.25, 0.3) is 5.91 Å². The monoisotopic (exact) mass is 528 g/mol. The molecule has 3 heterocycles. The highest BCUT2D eigenvalue weighted by Gasteiger charge is 2.29. The molecular weight excluding hydrogens is 500 g/mol. The van der Waals surface area contributed by atoms with E-state index in [1.807, 2.05) is 18.2 Å². The number of carbonyl (C=O) groups is 2. The summed E-state index contributed by atoms with van der Waals surface area (Å²) < 4.78 is 16.7. The number of benzene rings is 2. The van der Waals surface area contributed by atoms with Gasteiger partial charge < -0.3 is 19.1 Å². The van der Waals surface area contributed by atoms with Crippen LogP contribution in [0.3, 0.4) is 0 Å². The van der Waals surface area contributed by atoms with Gasteiger partial charge in [-0.05, 0) is 56.2 Å². The lowest BCUT2D eigenvalue weighted by Gasteiger charge is -2.31. The number of terminal acetylenes is 1. The molecule has 3 aromatic rings. The minimum absolute atomic E-state index is 0.185. The Morgan fingerprint density at radius 2 is 1.87 bits per heavy atom. The third-order valence-electron chi connectivity index (χ3n) is 6.63. The fraction of sp³-hybridized carbons (Fsp3) is 0.300. The van der Waals surface area contributed by atoms with E-state index in [0.717, 1.165) is 40.6 Å². The van der Waals surface area contributed by atoms with Crippen LogP contribution in [0.5, 0.6) is 11.5 Å². The topological polar surface area (TPSA) is 78.0 Å². The second kappa shape index (κ2) is 11.5. The fourth-order valence-electron chi connectivity index (χ4n) is 4.64. The summed E-state index contributed by atoms with van der Waals surface area (Å²) in [7, 11) is 0. The summed E-state index contributed by atoms with van der Waals surface area (Å²) >= 11 is 1.64. The SMILES string of the molecule is C#CC(C=CC)OC(=O)c1ccccc1C(=O)N1CCC(c2nc(-c3ccc4c(c3)OCCO4)cs2)CC1. The van der Waals surface area contributed by atoms with E-state index in [1.54, 1.807) is 59.6 Å². The van der Waals surface area contributed by atoms with E-state index in [2.05, 4.69) is 11.3 Å². The number of hydrogen-bond donors (Lipinski definition) is 0. The lowest BCUT2D eigenvalue weighted by Crippen LogP contribution is -2.38. The maximum Gasteiger partial charge on any atom is 0.340 e. The Morgan fingerprint density at radius 1 is 1.13 bits per heavy atom. The van der Waals surface area contributed by atoms with Crippen molar-refractivity contribution in [1.29, 1.82) is 0 Å². The molecule has 0 radical (unpaired) electrons. The van der Waals surface area contributed by atoms with Crippen molar-refractivity contribution in [2.75, 3.05) is 26.3 Å². The number of rotatable bonds is 6. The Labute approximate surface area is 226 Å². The first-order valence-electron chi connectivity index (χ1n) is 12.6. The maximum atomic E-state index is 13.4. The Kier molecular flexibility index (Phi) is 7.75. The van der Waals surface area contributed by atoms with Gasteiger partial charge in [0.2, 0.25) is 0 Å². The van der Waals surface area contributed by atoms with Gasteiger partial charge in [-0.25, -0.2) is 9.78 Å². The zero-order valence-corrected chi connectivity index (χ0v) is 21.9. The normalized spacial score (nSPS) is 16.2. The number of piperidine rings is 1. The number of esters is 1. The number of carbonyl (C=O) groups excluding carboxylic acids is 2. The van der Waals surface area contributed by atoms with Gasteiger partial charge in [-0.15, -0.1) is 17.8 Å². The van der Waals surface area contributed by atoms with Crippen molar-refractivity contribution in [3.8, 4) is 35.1 Å². The van der Waals surface area contributed by atoms with E-state index in [9.17, 15) is 9.59 Å². The van der Waals surface area contributed by atoms with Gasteiger partial charge in [0.1, 0.15) is 13.2 Å². The van der Waals surface area contributed by atoms with Crippen LogP contribution in [0.25, 0.3) is 11.3 Å². The van der Waals surface area contributed by atoms with Crippen molar-refractivity contribution in [2.24, 2.45) is 0 Å². The maximum absolute atomic E-state index is 13.4. The zero-order valence-electron chi connectivity index (χ0n) is 21.1. The number of aromatic nitrogens is 1. The molecule has 1 unspecified atom stereocenters. The second-order valence-corrected chi connectivity index (χ2v) is 9.95. The molecule has 0 spiro atoms. The molecule has 1 amide bonds. The predicted octanol–water partition coefficient (Wildman–Crippen LogP) is 5.34. The molecule has 2 aliphatic rings. The van der Waals surface area contributed by atoms with Gasteiger partial charge >= 0.3 is 5.97 Å². The van der Waals surface area contributed by atoms with Crippen LogP contribution < -0.4 is 9.47 Å². The van der Waals surface area contributed by atoms with E-state index in [-0.39, 0.29) is 17.4 Å². The van der Waals surface area contributed by atoms with Crippen molar-refractivity contribution in [2.45, 2.75) is 31.8 Å². The van der Waals surface area contributed by atoms with Crippen LogP contribution >= 0.6 is 11.3 Å². The minimum Gasteiger partial charge on any atom is -0.486 e. The molecule has 1 aromatic heterocycles. The van der Waals surface area contributed by atoms with Gasteiger partial charge in [-0.3, -0.25) is 4.79 Å². The van der Waals surface area contributed by atoms with Crippen LogP contribution in [0.1, 0.15) is 51.4 Å². The van der Waals surface area contributed by atoms with Gasteiger partial charge in [0.15, 0.2) is 17.6 Å². The quantitative estimate of drug-likeness (QED) is 0.244. The van der Waals surface area contributed by atoms with Gasteiger partial charge in [0.05, 0.1) is 21.8 Å². The van der Waals surface area contributed by atoms with Crippen molar-refractivity contribution in [1.82, 2.24) is 9.88 Å². The molecule has 2 aliphatic heterocycles. The van der Waals surface area contributed by atoms with Crippen molar-refractivity contribution in [3.05, 3.63) is 76.1 Å². The highest BCUT2D eigenvalue weighted by Crippen LogP contribution is 2.37. The standard InChI is InChI=1S/C30H28N2O5S/c1-3-7-22(4-2)37-30(34)24-9-6-5-8-23(24)29(33)32-14-12-20(13-15-32)28-31-25(19-38-28)21-10-11-26-27(18-21)36-17-16-35-26/h2-3,5-11,18-20,22H,12-17H2,1H3. The lowest BCUT2D eigenvalue weighted by molar-refractivity contribution is 0.0467. The number of allylic oxidation sites excluding steroid dienone is 1. The average Bonchev–Trinajstić information content (AvgIpc) is 3.47. The fourth-order valence-corrected chi connectivity index (χ4v) is 5.64. The molecule has 1 atom stereocenters. The Hall–Kier alpha value is -4.09. The molecule has 8 heteroatoms. The first kappa shape index (κ1) is 25.6. The number of hydrogen-bond acceptors (Lipinski definition) is 7. The summed E-state index contributed by atoms with van der Waals surface area (Å²) in [6, 6.07) is 12.6. The van der Waals surface area contributed by atoms with Crippen LogP contribution in [-0.4, -0.2) is 54.2 Å². The van der Waals surface area contributed by atoms with Crippen LogP contribution in [0.15, 0.2) is 60.0 Å². The summed E-state index contributed by atoms with van der Waals surface area (Å²) in [4.78, 5) is 32.9. The van der Waals surface area contributed by atoms with E-state index >= 15 is 0 Å². The molecule has 1 fully saturated rings. The van der Waals surface area contributed by atoms with Crippen LogP contribution in [0.4, 0.5) is 0 Å². The summed E-state index contributed by atoms with van der Waals surface area (Å²) in [5.41, 5.74) is 2.45. The van der Waals surface area contributed by atoms with Crippen molar-refractivity contribution >= 4 is 23.2 Å². The number of nitrogens with zero attached hydrogens (tertiary/aromatic N) is 2. The highest BCUT2D eigenvalue weighted by atomic mass is 32.1. The van der Waals surface area contributed by atoms with Gasteiger partial charge in [-0.2, -0.15) is 0 Å². The molecule has 38 heavy (non-hydrogen) atoms. The highest BCUT2D eigenvalue weighted by molar-refractivity contribution is 7.10. The van der Waals surface area contributed by atoms with E-state index < -0.39 is 12.1 Å². The zero-order chi connectivity index (χ0) is 26.5. The number of thiazole rings is 1. The summed E-state index contributed by atoms with van der Waals surface area (Å²) in [5, 5.41) is 3.13. The van der Waals surface area contributed by atoms with Gasteiger partial charge in [0, 0.05) is 30.0 Å². The largest absolute Gasteiger partial charge is 0.486 e.